The Morgan fingerprint density at radius 3 is 1.96 bits per heavy atom. The van der Waals surface area contributed by atoms with Gasteiger partial charge in [0.2, 0.25) is 0 Å². The molecule has 10 aromatic rings. The van der Waals surface area contributed by atoms with Crippen LogP contribution >= 0.6 is 0 Å². The summed E-state index contributed by atoms with van der Waals surface area (Å²) in [5.74, 6) is -1.07. The number of phenolic OH excluding ortho intramolecular Hbond substituents is 2. The third-order valence-corrected chi connectivity index (χ3v) is 11.6. The van der Waals surface area contributed by atoms with Gasteiger partial charge in [-0.1, -0.05) is 140 Å². The van der Waals surface area contributed by atoms with E-state index in [1.165, 1.54) is 0 Å². The van der Waals surface area contributed by atoms with Crippen LogP contribution in [0.5, 0.6) is 11.5 Å². The van der Waals surface area contributed by atoms with Crippen LogP contribution in [0.4, 0.5) is 17.1 Å². The lowest BCUT2D eigenvalue weighted by atomic mass is 9.67. The maximum atomic E-state index is 12.2. The first-order valence-corrected chi connectivity index (χ1v) is 19.1. The molecule has 0 bridgehead atoms. The second-order valence-electron chi connectivity index (χ2n) is 14.6. The Morgan fingerprint density at radius 1 is 0.491 bits per heavy atom. The maximum Gasteiger partial charge on any atom is 0.124 e. The summed E-state index contributed by atoms with van der Waals surface area (Å²) in [6.45, 7) is 0. The fourth-order valence-electron chi connectivity index (χ4n) is 9.34. The van der Waals surface area contributed by atoms with Gasteiger partial charge >= 0.3 is 0 Å². The van der Waals surface area contributed by atoms with E-state index in [0.29, 0.717) is 0 Å². The SMILES string of the molecule is [2H]c1c([2H])c(O)c(C2(c3ccc4c5ccccc5n(-c5ccccc5)c4c3)c3ccccc3-c3cc(N(c4ccccc4)c4cccc5ccccc45)ccc32)c(O)c1[2H]. The standard InChI is InChI=1S/C53H36N2O2/c56-50-27-14-28-51(57)52(50)53(36-29-31-43-42-23-10-12-25-48(42)55(49(43)33-36)38-19-5-2-6-20-38)45-24-11-9-22-41(45)44-34-39(30-32-46(44)53)54(37-17-3-1-4-18-37)47-26-13-16-35-15-7-8-21-40(35)47/h1-34,56-57H/i14D,27D,28D. The van der Waals surface area contributed by atoms with Gasteiger partial charge in [-0.05, 0) is 99.9 Å². The van der Waals surface area contributed by atoms with Gasteiger partial charge in [-0.15, -0.1) is 0 Å². The van der Waals surface area contributed by atoms with E-state index in [0.717, 1.165) is 83.1 Å². The molecule has 1 aliphatic carbocycles. The van der Waals surface area contributed by atoms with Crippen LogP contribution in [-0.4, -0.2) is 14.8 Å². The second kappa shape index (κ2) is 12.8. The van der Waals surface area contributed by atoms with Crippen molar-refractivity contribution >= 4 is 49.6 Å². The first-order chi connectivity index (χ1) is 29.4. The smallest absolute Gasteiger partial charge is 0.124 e. The van der Waals surface area contributed by atoms with Crippen molar-refractivity contribution in [2.24, 2.45) is 0 Å². The van der Waals surface area contributed by atoms with Gasteiger partial charge in [-0.25, -0.2) is 0 Å². The van der Waals surface area contributed by atoms with E-state index in [1.54, 1.807) is 0 Å². The molecule has 0 aliphatic heterocycles. The number of fused-ring (bicyclic) bond motifs is 7. The summed E-state index contributed by atoms with van der Waals surface area (Å²) in [5.41, 5.74) is 8.43. The summed E-state index contributed by atoms with van der Waals surface area (Å²) in [7, 11) is 0. The number of phenols is 2. The summed E-state index contributed by atoms with van der Waals surface area (Å²) in [6.07, 6.45) is 0. The zero-order chi connectivity index (χ0) is 40.7. The van der Waals surface area contributed by atoms with Gasteiger partial charge in [0, 0.05) is 33.2 Å². The lowest BCUT2D eigenvalue weighted by Gasteiger charge is -2.35. The summed E-state index contributed by atoms with van der Waals surface area (Å²) >= 11 is 0. The molecule has 4 nitrogen and oxygen atoms in total. The van der Waals surface area contributed by atoms with Crippen molar-refractivity contribution in [1.29, 1.82) is 0 Å². The molecule has 1 atom stereocenters. The summed E-state index contributed by atoms with van der Waals surface area (Å²) < 4.78 is 28.6. The van der Waals surface area contributed by atoms with Crippen LogP contribution in [0.15, 0.2) is 206 Å². The second-order valence-corrected chi connectivity index (χ2v) is 14.6. The molecule has 0 fully saturated rings. The quantitative estimate of drug-likeness (QED) is 0.179. The molecule has 0 amide bonds. The number of para-hydroxylation sites is 3. The molecule has 9 aromatic carbocycles. The number of hydrogen-bond acceptors (Lipinski definition) is 3. The van der Waals surface area contributed by atoms with Gasteiger partial charge in [-0.2, -0.15) is 0 Å². The molecule has 4 heteroatoms. The van der Waals surface area contributed by atoms with E-state index in [4.69, 9.17) is 4.11 Å². The van der Waals surface area contributed by atoms with Crippen LogP contribution in [0.25, 0.3) is 49.4 Å². The van der Waals surface area contributed by atoms with Gasteiger partial charge < -0.3 is 19.7 Å². The number of hydrogen-bond donors (Lipinski definition) is 2. The molecule has 1 unspecified atom stereocenters. The monoisotopic (exact) mass is 735 g/mol. The third kappa shape index (κ3) is 4.81. The summed E-state index contributed by atoms with van der Waals surface area (Å²) in [5, 5.41) is 28.6. The van der Waals surface area contributed by atoms with Crippen LogP contribution in [0.2, 0.25) is 0 Å². The van der Waals surface area contributed by atoms with Gasteiger partial charge in [-0.3, -0.25) is 0 Å². The fraction of sp³-hybridized carbons (Fsp3) is 0.0189. The van der Waals surface area contributed by atoms with E-state index >= 15 is 0 Å². The largest absolute Gasteiger partial charge is 0.507 e. The van der Waals surface area contributed by atoms with E-state index in [1.807, 2.05) is 78.9 Å². The van der Waals surface area contributed by atoms with Gasteiger partial charge in [0.05, 0.1) is 31.8 Å². The molecule has 0 saturated heterocycles. The normalized spacial score (nSPS) is 15.3. The molecular formula is C53H36N2O2. The average Bonchev–Trinajstić information content (AvgIpc) is 3.79. The van der Waals surface area contributed by atoms with Crippen molar-refractivity contribution in [2.45, 2.75) is 5.41 Å². The minimum absolute atomic E-state index is 0.00291. The number of rotatable bonds is 6. The van der Waals surface area contributed by atoms with Crippen LogP contribution in [0.3, 0.4) is 0 Å². The average molecular weight is 736 g/mol. The topological polar surface area (TPSA) is 48.6 Å². The number of aromatic nitrogens is 1. The Hall–Kier alpha value is -7.56. The Bertz CT molecular complexity index is 3310. The molecular weight excluding hydrogens is 697 g/mol. The molecule has 1 heterocycles. The molecule has 57 heavy (non-hydrogen) atoms. The van der Waals surface area contributed by atoms with E-state index < -0.39 is 35.0 Å². The van der Waals surface area contributed by atoms with E-state index in [-0.39, 0.29) is 5.56 Å². The van der Waals surface area contributed by atoms with Crippen molar-refractivity contribution in [3.63, 3.8) is 0 Å². The molecule has 0 radical (unpaired) electrons. The lowest BCUT2D eigenvalue weighted by Crippen LogP contribution is -2.29. The number of anilines is 3. The van der Waals surface area contributed by atoms with Gasteiger partial charge in [0.15, 0.2) is 0 Å². The first kappa shape index (κ1) is 29.8. The van der Waals surface area contributed by atoms with Crippen LogP contribution < -0.4 is 4.90 Å². The lowest BCUT2D eigenvalue weighted by molar-refractivity contribution is 0.428. The first-order valence-electron chi connectivity index (χ1n) is 20.6. The highest BCUT2D eigenvalue weighted by Crippen LogP contribution is 2.61. The molecule has 0 spiro atoms. The van der Waals surface area contributed by atoms with Crippen molar-refractivity contribution in [1.82, 2.24) is 4.57 Å². The van der Waals surface area contributed by atoms with Crippen LogP contribution in [0, 0.1) is 0 Å². The maximum absolute atomic E-state index is 12.2. The van der Waals surface area contributed by atoms with Gasteiger partial charge in [0.25, 0.3) is 0 Å². The van der Waals surface area contributed by atoms with Crippen molar-refractivity contribution in [2.75, 3.05) is 4.90 Å². The Kier molecular flexibility index (Phi) is 6.66. The zero-order valence-electron chi connectivity index (χ0n) is 33.7. The molecule has 1 aromatic heterocycles. The van der Waals surface area contributed by atoms with Gasteiger partial charge in [0.1, 0.15) is 11.5 Å². The summed E-state index contributed by atoms with van der Waals surface area (Å²) in [4.78, 5) is 2.25. The summed E-state index contributed by atoms with van der Waals surface area (Å²) in [6, 6.07) is 62.4. The highest BCUT2D eigenvalue weighted by atomic mass is 16.3. The third-order valence-electron chi connectivity index (χ3n) is 11.6. The molecule has 11 rings (SSSR count). The molecule has 270 valence electrons. The Morgan fingerprint density at radius 2 is 1.14 bits per heavy atom. The number of benzene rings is 9. The minimum atomic E-state index is -1.42. The predicted octanol–water partition coefficient (Wildman–Crippen LogP) is 13.2. The minimum Gasteiger partial charge on any atom is -0.507 e. The van der Waals surface area contributed by atoms with Crippen LogP contribution in [-0.2, 0) is 5.41 Å². The van der Waals surface area contributed by atoms with E-state index in [9.17, 15) is 10.2 Å². The van der Waals surface area contributed by atoms with E-state index in [2.05, 4.69) is 119 Å². The van der Waals surface area contributed by atoms with Crippen molar-refractivity contribution in [3.8, 4) is 28.3 Å². The Balaban J connectivity index is 1.26. The highest BCUT2D eigenvalue weighted by molar-refractivity contribution is 6.10. The number of aromatic hydroxyl groups is 2. The number of nitrogens with zero attached hydrogens (tertiary/aromatic N) is 2. The molecule has 0 saturated carbocycles. The predicted molar refractivity (Wildman–Crippen MR) is 234 cm³/mol. The molecule has 2 N–H and O–H groups in total. The van der Waals surface area contributed by atoms with Crippen molar-refractivity contribution < 1.29 is 14.3 Å². The fourth-order valence-corrected chi connectivity index (χ4v) is 9.34. The van der Waals surface area contributed by atoms with Crippen LogP contribution in [0.1, 0.15) is 26.4 Å². The Labute approximate surface area is 334 Å². The molecule has 1 aliphatic rings. The van der Waals surface area contributed by atoms with Crippen molar-refractivity contribution in [3.05, 3.63) is 228 Å². The zero-order valence-corrected chi connectivity index (χ0v) is 30.7. The highest BCUT2D eigenvalue weighted by Gasteiger charge is 2.49.